The number of hydrogen-bond acceptors (Lipinski definition) is 3. The summed E-state index contributed by atoms with van der Waals surface area (Å²) < 4.78 is 42.3. The Morgan fingerprint density at radius 3 is 2.65 bits per heavy atom. The maximum absolute atomic E-state index is 12.5. The zero-order valence-corrected chi connectivity index (χ0v) is 11.9. The van der Waals surface area contributed by atoms with Crippen LogP contribution in [0.15, 0.2) is 40.9 Å². The van der Waals surface area contributed by atoms with Crippen molar-refractivity contribution in [3.05, 3.63) is 42.2 Å². The first kappa shape index (κ1) is 16.6. The molecule has 1 N–H and O–H groups in total. The van der Waals surface area contributed by atoms with Crippen LogP contribution in [-0.4, -0.2) is 23.3 Å². The molecule has 1 amide bonds. The molecule has 2 rings (SSSR count). The highest BCUT2D eigenvalue weighted by atomic mass is 19.4. The maximum Gasteiger partial charge on any atom is 0.391 e. The monoisotopic (exact) mass is 322 g/mol. The van der Waals surface area contributed by atoms with Gasteiger partial charge >= 0.3 is 6.18 Å². The normalized spacial score (nSPS) is 12.4. The molecule has 23 heavy (non-hydrogen) atoms. The number of benzene rings is 1. The van der Waals surface area contributed by atoms with E-state index in [2.05, 4.69) is 16.4 Å². The minimum Gasteiger partial charge on any atom is -0.350 e. The van der Waals surface area contributed by atoms with Gasteiger partial charge in [0.1, 0.15) is 5.69 Å². The van der Waals surface area contributed by atoms with Crippen LogP contribution in [0.5, 0.6) is 0 Å². The van der Waals surface area contributed by atoms with Crippen LogP contribution >= 0.6 is 0 Å². The number of aromatic nitrogens is 1. The first-order valence-corrected chi connectivity index (χ1v) is 6.72. The first-order valence-electron chi connectivity index (χ1n) is 6.72. The molecule has 0 saturated carbocycles. The molecular weight excluding hydrogens is 309 g/mol. The van der Waals surface area contributed by atoms with Crippen molar-refractivity contribution >= 4 is 5.91 Å². The van der Waals surface area contributed by atoms with Crippen LogP contribution in [0.4, 0.5) is 13.2 Å². The Morgan fingerprint density at radius 2 is 2.04 bits per heavy atom. The quantitative estimate of drug-likeness (QED) is 0.858. The summed E-state index contributed by atoms with van der Waals surface area (Å²) in [5.74, 6) is 1.16. The van der Waals surface area contributed by atoms with Crippen LogP contribution in [0.2, 0.25) is 0 Å². The van der Waals surface area contributed by atoms with Crippen LogP contribution in [0.3, 0.4) is 0 Å². The molecule has 0 aliphatic rings. The average Bonchev–Trinajstić information content (AvgIpc) is 2.96. The fraction of sp³-hybridized carbons (Fsp3) is 0.250. The van der Waals surface area contributed by atoms with Gasteiger partial charge in [-0.2, -0.15) is 13.2 Å². The number of amides is 1. The molecule has 0 radical (unpaired) electrons. The molecule has 0 fully saturated rings. The molecule has 1 heterocycles. The third-order valence-corrected chi connectivity index (χ3v) is 2.98. The van der Waals surface area contributed by atoms with E-state index in [1.54, 1.807) is 24.3 Å². The Hall–Kier alpha value is -2.75. The highest BCUT2D eigenvalue weighted by Crippen LogP contribution is 2.23. The third kappa shape index (κ3) is 4.88. The van der Waals surface area contributed by atoms with Gasteiger partial charge in [0, 0.05) is 24.1 Å². The Kier molecular flexibility index (Phi) is 5.06. The lowest BCUT2D eigenvalue weighted by molar-refractivity contribution is -0.139. The topological polar surface area (TPSA) is 55.1 Å². The van der Waals surface area contributed by atoms with E-state index in [1.165, 1.54) is 6.07 Å². The average molecular weight is 322 g/mol. The molecule has 0 aliphatic heterocycles. The molecule has 1 atom stereocenters. The van der Waals surface area contributed by atoms with Gasteiger partial charge in [-0.25, -0.2) is 0 Å². The van der Waals surface area contributed by atoms with Crippen molar-refractivity contribution in [3.63, 3.8) is 0 Å². The van der Waals surface area contributed by atoms with E-state index in [0.717, 1.165) is 5.56 Å². The fourth-order valence-electron chi connectivity index (χ4n) is 1.98. The Balaban J connectivity index is 2.08. The summed E-state index contributed by atoms with van der Waals surface area (Å²) in [6.45, 7) is 0. The first-order chi connectivity index (χ1) is 10.9. The van der Waals surface area contributed by atoms with Gasteiger partial charge in [0.25, 0.3) is 5.91 Å². The lowest BCUT2D eigenvalue weighted by Crippen LogP contribution is -2.37. The molecule has 1 unspecified atom stereocenters. The van der Waals surface area contributed by atoms with Crippen molar-refractivity contribution in [2.75, 3.05) is 0 Å². The lowest BCUT2D eigenvalue weighted by Gasteiger charge is -2.17. The predicted molar refractivity (Wildman–Crippen MR) is 77.3 cm³/mol. The summed E-state index contributed by atoms with van der Waals surface area (Å²) in [5.41, 5.74) is 1.14. The number of halogens is 3. The number of rotatable bonds is 5. The van der Waals surface area contributed by atoms with E-state index in [0.29, 0.717) is 5.69 Å². The van der Waals surface area contributed by atoms with Crippen molar-refractivity contribution in [2.24, 2.45) is 0 Å². The van der Waals surface area contributed by atoms with E-state index in [-0.39, 0.29) is 12.2 Å². The summed E-state index contributed by atoms with van der Waals surface area (Å²) in [5, 5.41) is 5.96. The number of nitrogens with zero attached hydrogens (tertiary/aromatic N) is 1. The van der Waals surface area contributed by atoms with Gasteiger partial charge in [-0.3, -0.25) is 4.79 Å². The standard InChI is InChI=1S/C16H13F3N2O2/c1-2-6-12(10-16(17,18)19)20-15(22)14-9-13(21-23-14)11-7-4-3-5-8-11/h1,3-5,7-9,12H,6,10H2,(H,20,22). The highest BCUT2D eigenvalue weighted by Gasteiger charge is 2.32. The maximum atomic E-state index is 12.5. The smallest absolute Gasteiger partial charge is 0.350 e. The van der Waals surface area contributed by atoms with E-state index in [1.807, 2.05) is 6.07 Å². The lowest BCUT2D eigenvalue weighted by atomic mass is 10.1. The van der Waals surface area contributed by atoms with Crippen LogP contribution < -0.4 is 5.32 Å². The summed E-state index contributed by atoms with van der Waals surface area (Å²) in [6, 6.07) is 9.09. The largest absolute Gasteiger partial charge is 0.391 e. The SMILES string of the molecule is C#CCC(CC(F)(F)F)NC(=O)c1cc(-c2ccccc2)no1. The number of carbonyl (C=O) groups is 1. The van der Waals surface area contributed by atoms with Crippen LogP contribution in [0.25, 0.3) is 11.3 Å². The molecule has 2 aromatic rings. The highest BCUT2D eigenvalue weighted by molar-refractivity contribution is 5.92. The van der Waals surface area contributed by atoms with E-state index in [9.17, 15) is 18.0 Å². The number of hydrogen-bond donors (Lipinski definition) is 1. The molecule has 4 nitrogen and oxygen atoms in total. The van der Waals surface area contributed by atoms with Gasteiger partial charge in [0.05, 0.1) is 6.42 Å². The summed E-state index contributed by atoms with van der Waals surface area (Å²) in [4.78, 5) is 12.0. The second kappa shape index (κ2) is 7.01. The van der Waals surface area contributed by atoms with Crippen LogP contribution in [0, 0.1) is 12.3 Å². The molecule has 7 heteroatoms. The van der Waals surface area contributed by atoms with Gasteiger partial charge < -0.3 is 9.84 Å². The van der Waals surface area contributed by atoms with Gasteiger partial charge in [-0.1, -0.05) is 35.5 Å². The number of alkyl halides is 3. The van der Waals surface area contributed by atoms with Crippen molar-refractivity contribution in [1.82, 2.24) is 10.5 Å². The Bertz CT molecular complexity index is 702. The van der Waals surface area contributed by atoms with Crippen molar-refractivity contribution in [3.8, 4) is 23.6 Å². The number of nitrogens with one attached hydrogen (secondary N) is 1. The molecule has 120 valence electrons. The molecule has 0 saturated heterocycles. The predicted octanol–water partition coefficient (Wildman–Crippen LogP) is 3.42. The van der Waals surface area contributed by atoms with Crippen LogP contribution in [0.1, 0.15) is 23.4 Å². The second-order valence-electron chi connectivity index (χ2n) is 4.84. The molecule has 0 bridgehead atoms. The van der Waals surface area contributed by atoms with Crippen molar-refractivity contribution in [2.45, 2.75) is 25.1 Å². The second-order valence-corrected chi connectivity index (χ2v) is 4.84. The van der Waals surface area contributed by atoms with Crippen molar-refractivity contribution < 1.29 is 22.5 Å². The number of carbonyl (C=O) groups excluding carboxylic acids is 1. The van der Waals surface area contributed by atoms with Gasteiger partial charge in [0.2, 0.25) is 5.76 Å². The van der Waals surface area contributed by atoms with Gasteiger partial charge in [0.15, 0.2) is 0 Å². The Morgan fingerprint density at radius 1 is 1.35 bits per heavy atom. The molecule has 1 aromatic heterocycles. The Labute approximate surface area is 130 Å². The van der Waals surface area contributed by atoms with Gasteiger partial charge in [-0.05, 0) is 0 Å². The van der Waals surface area contributed by atoms with E-state index >= 15 is 0 Å². The summed E-state index contributed by atoms with van der Waals surface area (Å²) in [6.07, 6.45) is -0.824. The zero-order chi connectivity index (χ0) is 16.9. The van der Waals surface area contributed by atoms with E-state index < -0.39 is 24.5 Å². The molecule has 0 aliphatic carbocycles. The van der Waals surface area contributed by atoms with Crippen molar-refractivity contribution in [1.29, 1.82) is 0 Å². The molecular formula is C16H13F3N2O2. The number of terminal acetylenes is 1. The third-order valence-electron chi connectivity index (χ3n) is 2.98. The zero-order valence-electron chi connectivity index (χ0n) is 11.9. The van der Waals surface area contributed by atoms with Gasteiger partial charge in [-0.15, -0.1) is 12.3 Å². The minimum atomic E-state index is -4.43. The minimum absolute atomic E-state index is 0.173. The molecule has 1 aromatic carbocycles. The van der Waals surface area contributed by atoms with E-state index in [4.69, 9.17) is 10.9 Å². The summed E-state index contributed by atoms with van der Waals surface area (Å²) in [7, 11) is 0. The summed E-state index contributed by atoms with van der Waals surface area (Å²) >= 11 is 0. The van der Waals surface area contributed by atoms with Crippen LogP contribution in [-0.2, 0) is 0 Å². The molecule has 0 spiro atoms. The fourth-order valence-corrected chi connectivity index (χ4v) is 1.98.